The molecule has 0 bridgehead atoms. The van der Waals surface area contributed by atoms with E-state index in [0.29, 0.717) is 0 Å². The van der Waals surface area contributed by atoms with Gasteiger partial charge < -0.3 is 10.2 Å². The molecule has 4 nitrogen and oxygen atoms in total. The van der Waals surface area contributed by atoms with Crippen molar-refractivity contribution in [3.8, 4) is 0 Å². The third kappa shape index (κ3) is 5.32. The molecule has 1 N–H and O–H groups in total. The van der Waals surface area contributed by atoms with Crippen molar-refractivity contribution in [2.45, 2.75) is 30.5 Å². The number of aromatic nitrogens is 1. The number of amides is 1. The van der Waals surface area contributed by atoms with Gasteiger partial charge in [0.2, 0.25) is 5.91 Å². The van der Waals surface area contributed by atoms with E-state index in [0.717, 1.165) is 61.3 Å². The summed E-state index contributed by atoms with van der Waals surface area (Å²) >= 11 is 6.88. The number of para-hydroxylation sites is 2. The van der Waals surface area contributed by atoms with Crippen molar-refractivity contribution < 1.29 is 18.0 Å². The lowest BCUT2D eigenvalue weighted by atomic mass is 10.1. The summed E-state index contributed by atoms with van der Waals surface area (Å²) in [7, 11) is 0. The number of benzene rings is 1. The molecule has 1 saturated heterocycles. The molecular formula is C19H19ClF3N3OS. The minimum absolute atomic E-state index is 0.00752. The number of thioether (sulfide) groups is 1. The van der Waals surface area contributed by atoms with Gasteiger partial charge in [-0.25, -0.2) is 4.98 Å². The van der Waals surface area contributed by atoms with Crippen molar-refractivity contribution in [2.75, 3.05) is 29.1 Å². The highest BCUT2D eigenvalue weighted by Gasteiger charge is 2.31. The first-order chi connectivity index (χ1) is 13.3. The van der Waals surface area contributed by atoms with Crippen LogP contribution in [0.5, 0.6) is 0 Å². The number of halogens is 4. The molecule has 3 rings (SSSR count). The molecule has 0 aliphatic carbocycles. The minimum atomic E-state index is -4.50. The molecule has 1 amide bonds. The van der Waals surface area contributed by atoms with Gasteiger partial charge in [-0.15, -0.1) is 0 Å². The second-order valence-corrected chi connectivity index (χ2v) is 7.78. The van der Waals surface area contributed by atoms with Gasteiger partial charge in [0, 0.05) is 19.3 Å². The number of nitrogens with one attached hydrogen (secondary N) is 1. The van der Waals surface area contributed by atoms with Crippen molar-refractivity contribution in [1.29, 1.82) is 0 Å². The second-order valence-electron chi connectivity index (χ2n) is 6.41. The van der Waals surface area contributed by atoms with E-state index < -0.39 is 11.7 Å². The first kappa shape index (κ1) is 20.8. The van der Waals surface area contributed by atoms with Crippen LogP contribution >= 0.6 is 23.4 Å². The normalized spacial score (nSPS) is 14.8. The number of rotatable bonds is 5. The smallest absolute Gasteiger partial charge is 0.370 e. The Morgan fingerprint density at radius 1 is 1.21 bits per heavy atom. The number of pyridine rings is 1. The quantitative estimate of drug-likeness (QED) is 0.640. The maximum absolute atomic E-state index is 12.7. The molecule has 28 heavy (non-hydrogen) atoms. The van der Waals surface area contributed by atoms with Gasteiger partial charge in [-0.3, -0.25) is 4.79 Å². The summed E-state index contributed by atoms with van der Waals surface area (Å²) in [5, 5.41) is 2.95. The standard InChI is InChI=1S/C19H19ClF3N3OS/c20-14-10-13(19(21,22)23)11-24-18(14)28-12-17(27)25-15-6-2-3-7-16(15)26-8-4-1-5-9-26/h2-3,6-7,10-11H,1,4-5,8-9,12H2,(H,25,27). The summed E-state index contributed by atoms with van der Waals surface area (Å²) in [6, 6.07) is 8.42. The zero-order valence-electron chi connectivity index (χ0n) is 14.9. The lowest BCUT2D eigenvalue weighted by Crippen LogP contribution is -2.30. The predicted molar refractivity (Wildman–Crippen MR) is 106 cm³/mol. The molecule has 0 spiro atoms. The van der Waals surface area contributed by atoms with Gasteiger partial charge in [0.05, 0.1) is 27.7 Å². The van der Waals surface area contributed by atoms with E-state index in [9.17, 15) is 18.0 Å². The Hall–Kier alpha value is -1.93. The van der Waals surface area contributed by atoms with Crippen LogP contribution in [0.3, 0.4) is 0 Å². The highest BCUT2D eigenvalue weighted by Crippen LogP contribution is 2.34. The predicted octanol–water partition coefficient (Wildman–Crippen LogP) is 5.47. The molecule has 1 aromatic heterocycles. The van der Waals surface area contributed by atoms with Crippen molar-refractivity contribution in [3.05, 3.63) is 47.1 Å². The van der Waals surface area contributed by atoms with Gasteiger partial charge in [-0.05, 0) is 37.5 Å². The Kier molecular flexibility index (Phi) is 6.72. The molecule has 9 heteroatoms. The zero-order valence-corrected chi connectivity index (χ0v) is 16.5. The Balaban J connectivity index is 1.62. The van der Waals surface area contributed by atoms with Gasteiger partial charge in [-0.1, -0.05) is 35.5 Å². The van der Waals surface area contributed by atoms with E-state index >= 15 is 0 Å². The van der Waals surface area contributed by atoms with Crippen LogP contribution in [0.4, 0.5) is 24.5 Å². The van der Waals surface area contributed by atoms with Crippen LogP contribution in [0.1, 0.15) is 24.8 Å². The number of hydrogen-bond acceptors (Lipinski definition) is 4. The molecular weight excluding hydrogens is 411 g/mol. The molecule has 0 unspecified atom stereocenters. The van der Waals surface area contributed by atoms with Crippen molar-refractivity contribution >= 4 is 40.6 Å². The Morgan fingerprint density at radius 2 is 1.93 bits per heavy atom. The number of nitrogens with zero attached hydrogens (tertiary/aromatic N) is 2. The Labute approximate surface area is 170 Å². The van der Waals surface area contributed by atoms with Gasteiger partial charge in [-0.2, -0.15) is 13.2 Å². The van der Waals surface area contributed by atoms with Crippen LogP contribution in [0.25, 0.3) is 0 Å². The van der Waals surface area contributed by atoms with Crippen LogP contribution in [-0.4, -0.2) is 29.7 Å². The first-order valence-corrected chi connectivity index (χ1v) is 10.2. The monoisotopic (exact) mass is 429 g/mol. The van der Waals surface area contributed by atoms with Gasteiger partial charge in [0.1, 0.15) is 5.03 Å². The number of piperidine rings is 1. The molecule has 1 fully saturated rings. The third-order valence-corrected chi connectivity index (χ3v) is 5.76. The summed E-state index contributed by atoms with van der Waals surface area (Å²) in [6.45, 7) is 1.90. The van der Waals surface area contributed by atoms with E-state index in [4.69, 9.17) is 11.6 Å². The molecule has 0 saturated carbocycles. The summed E-state index contributed by atoms with van der Waals surface area (Å²) < 4.78 is 38.0. The molecule has 0 atom stereocenters. The summed E-state index contributed by atoms with van der Waals surface area (Å²) in [5.74, 6) is -0.279. The third-order valence-electron chi connectivity index (χ3n) is 4.35. The summed E-state index contributed by atoms with van der Waals surface area (Å²) in [6.07, 6.45) is -0.331. The largest absolute Gasteiger partial charge is 0.417 e. The topological polar surface area (TPSA) is 45.2 Å². The molecule has 150 valence electrons. The first-order valence-electron chi connectivity index (χ1n) is 8.84. The number of anilines is 2. The fourth-order valence-corrected chi connectivity index (χ4v) is 3.99. The molecule has 1 aliphatic rings. The molecule has 1 aromatic carbocycles. The molecule has 1 aliphatic heterocycles. The van der Waals surface area contributed by atoms with Gasteiger partial charge in [0.15, 0.2) is 0 Å². The lowest BCUT2D eigenvalue weighted by Gasteiger charge is -2.30. The summed E-state index contributed by atoms with van der Waals surface area (Å²) in [4.78, 5) is 18.3. The Bertz CT molecular complexity index is 841. The van der Waals surface area contributed by atoms with E-state index in [-0.39, 0.29) is 21.7 Å². The SMILES string of the molecule is O=C(CSc1ncc(C(F)(F)F)cc1Cl)Nc1ccccc1N1CCCCC1. The number of carbonyl (C=O) groups is 1. The van der Waals surface area contributed by atoms with Crippen LogP contribution in [0.2, 0.25) is 5.02 Å². The second kappa shape index (κ2) is 9.05. The maximum atomic E-state index is 12.7. The van der Waals surface area contributed by atoms with E-state index in [1.54, 1.807) is 0 Å². The van der Waals surface area contributed by atoms with Crippen molar-refractivity contribution in [1.82, 2.24) is 4.98 Å². The van der Waals surface area contributed by atoms with Crippen LogP contribution in [0.15, 0.2) is 41.6 Å². The van der Waals surface area contributed by atoms with Gasteiger partial charge in [0.25, 0.3) is 0 Å². The van der Waals surface area contributed by atoms with Crippen molar-refractivity contribution in [3.63, 3.8) is 0 Å². The fourth-order valence-electron chi connectivity index (χ4n) is 3.00. The highest BCUT2D eigenvalue weighted by atomic mass is 35.5. The van der Waals surface area contributed by atoms with E-state index in [2.05, 4.69) is 15.2 Å². The number of alkyl halides is 3. The average Bonchev–Trinajstić information content (AvgIpc) is 2.67. The fraction of sp³-hybridized carbons (Fsp3) is 0.368. The Morgan fingerprint density at radius 3 is 2.61 bits per heavy atom. The van der Waals surface area contributed by atoms with E-state index in [1.165, 1.54) is 6.42 Å². The highest BCUT2D eigenvalue weighted by molar-refractivity contribution is 8.00. The lowest BCUT2D eigenvalue weighted by molar-refractivity contribution is -0.137. The minimum Gasteiger partial charge on any atom is -0.370 e. The maximum Gasteiger partial charge on any atom is 0.417 e. The van der Waals surface area contributed by atoms with E-state index in [1.807, 2.05) is 24.3 Å². The van der Waals surface area contributed by atoms with Crippen molar-refractivity contribution in [2.24, 2.45) is 0 Å². The number of hydrogen-bond donors (Lipinski definition) is 1. The molecule has 2 aromatic rings. The van der Waals surface area contributed by atoms with Gasteiger partial charge >= 0.3 is 6.18 Å². The zero-order chi connectivity index (χ0) is 20.1. The molecule has 2 heterocycles. The van der Waals surface area contributed by atoms with Crippen LogP contribution < -0.4 is 10.2 Å². The van der Waals surface area contributed by atoms with Crippen LogP contribution in [-0.2, 0) is 11.0 Å². The number of carbonyl (C=O) groups excluding carboxylic acids is 1. The average molecular weight is 430 g/mol. The summed E-state index contributed by atoms with van der Waals surface area (Å²) in [5.41, 5.74) is 0.787. The molecule has 0 radical (unpaired) electrons. The van der Waals surface area contributed by atoms with Crippen LogP contribution in [0, 0.1) is 0 Å².